The highest BCUT2D eigenvalue weighted by molar-refractivity contribution is 5.92. The minimum Gasteiger partial charge on any atom is -0.345 e. The van der Waals surface area contributed by atoms with Crippen LogP contribution in [0.1, 0.15) is 21.7 Å². The highest BCUT2D eigenvalue weighted by Crippen LogP contribution is 2.31. The highest BCUT2D eigenvalue weighted by atomic mass is 19.4. The van der Waals surface area contributed by atoms with Crippen molar-refractivity contribution in [2.75, 3.05) is 5.32 Å². The van der Waals surface area contributed by atoms with Gasteiger partial charge in [0.05, 0.1) is 17.8 Å². The van der Waals surface area contributed by atoms with E-state index in [1.54, 1.807) is 24.4 Å². The smallest absolute Gasteiger partial charge is 0.345 e. The lowest BCUT2D eigenvalue weighted by Gasteiger charge is -2.10. The first-order valence-corrected chi connectivity index (χ1v) is 7.87. The van der Waals surface area contributed by atoms with E-state index in [4.69, 9.17) is 0 Å². The summed E-state index contributed by atoms with van der Waals surface area (Å²) in [5.74, 6) is -0.435. The van der Waals surface area contributed by atoms with E-state index in [2.05, 4.69) is 25.6 Å². The minimum absolute atomic E-state index is 0.0137. The summed E-state index contributed by atoms with van der Waals surface area (Å²) in [5.41, 5.74) is 0.130. The molecule has 0 unspecified atom stereocenters. The number of amides is 1. The molecule has 0 atom stereocenters. The van der Waals surface area contributed by atoms with E-state index in [-0.39, 0.29) is 23.9 Å². The molecule has 0 saturated heterocycles. The van der Waals surface area contributed by atoms with Crippen LogP contribution in [0.3, 0.4) is 0 Å². The van der Waals surface area contributed by atoms with Gasteiger partial charge in [-0.05, 0) is 36.4 Å². The molecule has 6 nitrogen and oxygen atoms in total. The monoisotopic (exact) mass is 373 g/mol. The van der Waals surface area contributed by atoms with Crippen LogP contribution in [-0.4, -0.2) is 20.9 Å². The maximum Gasteiger partial charge on any atom is 0.416 e. The van der Waals surface area contributed by atoms with Crippen LogP contribution in [0.5, 0.6) is 0 Å². The van der Waals surface area contributed by atoms with Crippen molar-refractivity contribution in [1.29, 1.82) is 0 Å². The van der Waals surface area contributed by atoms with Crippen LogP contribution < -0.4 is 10.6 Å². The largest absolute Gasteiger partial charge is 0.416 e. The van der Waals surface area contributed by atoms with Crippen molar-refractivity contribution >= 4 is 17.5 Å². The number of nitrogens with one attached hydrogen (secondary N) is 2. The lowest BCUT2D eigenvalue weighted by Crippen LogP contribution is -2.24. The van der Waals surface area contributed by atoms with Crippen molar-refractivity contribution in [3.63, 3.8) is 0 Å². The number of hydrogen-bond donors (Lipinski definition) is 2. The molecule has 0 aliphatic rings. The standard InChI is InChI=1S/C18H14F3N5O/c19-18(20,21)12-4-3-6-13(10-12)25-17-23-9-7-15(26-17)16(27)24-11-14-5-1-2-8-22-14/h1-10H,11H2,(H,24,27)(H,23,25,26). The molecular formula is C18H14F3N5O. The van der Waals surface area contributed by atoms with Crippen molar-refractivity contribution in [2.24, 2.45) is 0 Å². The van der Waals surface area contributed by atoms with Crippen molar-refractivity contribution in [3.8, 4) is 0 Å². The number of benzene rings is 1. The third-order valence-corrected chi connectivity index (χ3v) is 3.49. The van der Waals surface area contributed by atoms with Gasteiger partial charge >= 0.3 is 6.18 Å². The Morgan fingerprint density at radius 3 is 2.59 bits per heavy atom. The molecule has 2 N–H and O–H groups in total. The van der Waals surface area contributed by atoms with Gasteiger partial charge in [0, 0.05) is 18.1 Å². The van der Waals surface area contributed by atoms with Crippen LogP contribution >= 0.6 is 0 Å². The summed E-state index contributed by atoms with van der Waals surface area (Å²) in [6, 6.07) is 11.4. The Labute approximate surface area is 152 Å². The molecule has 1 amide bonds. The SMILES string of the molecule is O=C(NCc1ccccn1)c1ccnc(Nc2cccc(C(F)(F)F)c2)n1. The Morgan fingerprint density at radius 2 is 1.85 bits per heavy atom. The third-order valence-electron chi connectivity index (χ3n) is 3.49. The minimum atomic E-state index is -4.45. The Kier molecular flexibility index (Phi) is 5.30. The van der Waals surface area contributed by atoms with Crippen LogP contribution in [0.15, 0.2) is 60.9 Å². The molecule has 0 radical (unpaired) electrons. The molecule has 0 bridgehead atoms. The first-order chi connectivity index (χ1) is 12.9. The maximum atomic E-state index is 12.8. The van der Waals surface area contributed by atoms with Crippen molar-refractivity contribution in [3.05, 3.63) is 77.9 Å². The zero-order valence-electron chi connectivity index (χ0n) is 13.9. The predicted molar refractivity (Wildman–Crippen MR) is 92.2 cm³/mol. The van der Waals surface area contributed by atoms with E-state index in [1.807, 2.05) is 0 Å². The summed E-state index contributed by atoms with van der Waals surface area (Å²) in [6.07, 6.45) is -1.49. The summed E-state index contributed by atoms with van der Waals surface area (Å²) < 4.78 is 38.4. The van der Waals surface area contributed by atoms with Crippen molar-refractivity contribution in [2.45, 2.75) is 12.7 Å². The predicted octanol–water partition coefficient (Wildman–Crippen LogP) is 3.56. The fraction of sp³-hybridized carbons (Fsp3) is 0.111. The zero-order valence-corrected chi connectivity index (χ0v) is 13.9. The van der Waals surface area contributed by atoms with Crippen LogP contribution in [0.4, 0.5) is 24.8 Å². The molecule has 9 heteroatoms. The maximum absolute atomic E-state index is 12.8. The van der Waals surface area contributed by atoms with Gasteiger partial charge in [0.15, 0.2) is 0 Å². The Morgan fingerprint density at radius 1 is 1.00 bits per heavy atom. The second-order valence-corrected chi connectivity index (χ2v) is 5.47. The Balaban J connectivity index is 1.69. The number of pyridine rings is 1. The van der Waals surface area contributed by atoms with Crippen LogP contribution in [0, 0.1) is 0 Å². The van der Waals surface area contributed by atoms with E-state index in [1.165, 1.54) is 24.4 Å². The van der Waals surface area contributed by atoms with Crippen molar-refractivity contribution < 1.29 is 18.0 Å². The van der Waals surface area contributed by atoms with Gasteiger partial charge in [-0.25, -0.2) is 9.97 Å². The second kappa shape index (κ2) is 7.81. The quantitative estimate of drug-likeness (QED) is 0.715. The third kappa shape index (κ3) is 5.00. The zero-order chi connectivity index (χ0) is 19.3. The average molecular weight is 373 g/mol. The topological polar surface area (TPSA) is 79.8 Å². The number of carbonyl (C=O) groups is 1. The molecular weight excluding hydrogens is 359 g/mol. The number of carbonyl (C=O) groups excluding carboxylic acids is 1. The fourth-order valence-corrected chi connectivity index (χ4v) is 2.21. The molecule has 1 aromatic carbocycles. The van der Waals surface area contributed by atoms with Gasteiger partial charge in [-0.1, -0.05) is 12.1 Å². The summed E-state index contributed by atoms with van der Waals surface area (Å²) in [4.78, 5) is 24.3. The molecule has 3 rings (SSSR count). The molecule has 2 aromatic heterocycles. The van der Waals surface area contributed by atoms with Gasteiger partial charge in [-0.15, -0.1) is 0 Å². The van der Waals surface area contributed by atoms with Gasteiger partial charge in [0.2, 0.25) is 5.95 Å². The molecule has 2 heterocycles. The van der Waals surface area contributed by atoms with Crippen LogP contribution in [-0.2, 0) is 12.7 Å². The van der Waals surface area contributed by atoms with Crippen molar-refractivity contribution in [1.82, 2.24) is 20.3 Å². The number of rotatable bonds is 5. The lowest BCUT2D eigenvalue weighted by molar-refractivity contribution is -0.137. The van der Waals surface area contributed by atoms with E-state index in [9.17, 15) is 18.0 Å². The average Bonchev–Trinajstić information content (AvgIpc) is 2.67. The first-order valence-electron chi connectivity index (χ1n) is 7.87. The number of nitrogens with zero attached hydrogens (tertiary/aromatic N) is 3. The van der Waals surface area contributed by atoms with Gasteiger partial charge in [0.25, 0.3) is 5.91 Å². The summed E-state index contributed by atoms with van der Waals surface area (Å²) >= 11 is 0. The Hall–Kier alpha value is -3.49. The second-order valence-electron chi connectivity index (χ2n) is 5.47. The van der Waals surface area contributed by atoms with Gasteiger partial charge in [-0.2, -0.15) is 13.2 Å². The molecule has 0 aliphatic heterocycles. The number of alkyl halides is 3. The number of halogens is 3. The van der Waals surface area contributed by atoms with E-state index >= 15 is 0 Å². The van der Waals surface area contributed by atoms with E-state index < -0.39 is 17.6 Å². The van der Waals surface area contributed by atoms with E-state index in [0.717, 1.165) is 12.1 Å². The lowest BCUT2D eigenvalue weighted by atomic mass is 10.2. The first kappa shape index (κ1) is 18.3. The van der Waals surface area contributed by atoms with Gasteiger partial charge in [0.1, 0.15) is 5.69 Å². The molecule has 0 saturated carbocycles. The molecule has 3 aromatic rings. The molecule has 27 heavy (non-hydrogen) atoms. The van der Waals surface area contributed by atoms with E-state index in [0.29, 0.717) is 5.69 Å². The number of anilines is 2. The summed E-state index contributed by atoms with van der Waals surface area (Å²) in [7, 11) is 0. The fourth-order valence-electron chi connectivity index (χ4n) is 2.21. The van der Waals surface area contributed by atoms with Gasteiger partial charge in [-0.3, -0.25) is 9.78 Å². The molecule has 0 spiro atoms. The summed E-state index contributed by atoms with van der Waals surface area (Å²) in [6.45, 7) is 0.222. The number of aromatic nitrogens is 3. The summed E-state index contributed by atoms with van der Waals surface area (Å²) in [5, 5.41) is 5.34. The Bertz CT molecular complexity index is 932. The molecule has 138 valence electrons. The molecule has 0 fully saturated rings. The van der Waals surface area contributed by atoms with Gasteiger partial charge < -0.3 is 10.6 Å². The highest BCUT2D eigenvalue weighted by Gasteiger charge is 2.30. The number of hydrogen-bond acceptors (Lipinski definition) is 5. The van der Waals surface area contributed by atoms with Crippen LogP contribution in [0.25, 0.3) is 0 Å². The molecule has 0 aliphatic carbocycles. The normalized spacial score (nSPS) is 11.1. The van der Waals surface area contributed by atoms with Crippen LogP contribution in [0.2, 0.25) is 0 Å².